The van der Waals surface area contributed by atoms with Crippen LogP contribution in [0.4, 0.5) is 0 Å². The van der Waals surface area contributed by atoms with Gasteiger partial charge in [0.25, 0.3) is 0 Å². The van der Waals surface area contributed by atoms with E-state index in [1.54, 1.807) is 14.7 Å². The third kappa shape index (κ3) is 11.9. The van der Waals surface area contributed by atoms with Gasteiger partial charge < -0.3 is 26.0 Å². The molecular formula is C20H37N5O7. The van der Waals surface area contributed by atoms with E-state index in [4.69, 9.17) is 5.11 Å². The maximum absolute atomic E-state index is 12.0. The van der Waals surface area contributed by atoms with Crippen molar-refractivity contribution in [1.82, 2.24) is 25.3 Å². The van der Waals surface area contributed by atoms with E-state index in [-0.39, 0.29) is 37.9 Å². The first kappa shape index (κ1) is 27.8. The van der Waals surface area contributed by atoms with Gasteiger partial charge in [0, 0.05) is 64.8 Å². The van der Waals surface area contributed by atoms with Gasteiger partial charge in [-0.25, -0.2) is 0 Å². The first-order valence-corrected chi connectivity index (χ1v) is 10.9. The summed E-state index contributed by atoms with van der Waals surface area (Å²) >= 11 is 0. The van der Waals surface area contributed by atoms with Crippen LogP contribution < -0.4 is 10.6 Å². The molecule has 5 N–H and O–H groups in total. The number of carboxylic acids is 3. The third-order valence-corrected chi connectivity index (χ3v) is 5.15. The Kier molecular flexibility index (Phi) is 12.8. The standard InChI is InChI=1S/C20H37N5O7/c1-15(2)22-17(26)4-3-16(20(31)32)25-8-6-21-5-7-23(13-18(27)28)9-10-24(11-12-25)14-19(29)30/h15-16,21H,3-14H2,1-2H3,(H,22,26)(H,27,28)(H,29,30)(H,31,32). The fraction of sp³-hybridized carbons (Fsp3) is 0.800. The quantitative estimate of drug-likeness (QED) is 0.256. The van der Waals surface area contributed by atoms with Crippen molar-refractivity contribution in [2.75, 3.05) is 65.4 Å². The van der Waals surface area contributed by atoms with Crippen LogP contribution in [0.15, 0.2) is 0 Å². The smallest absolute Gasteiger partial charge is 0.320 e. The number of aliphatic carboxylic acids is 3. The number of rotatable bonds is 10. The molecule has 1 fully saturated rings. The number of amides is 1. The summed E-state index contributed by atoms with van der Waals surface area (Å²) < 4.78 is 0. The molecule has 0 aromatic carbocycles. The van der Waals surface area contributed by atoms with Crippen LogP contribution in [-0.2, 0) is 19.2 Å². The summed E-state index contributed by atoms with van der Waals surface area (Å²) in [4.78, 5) is 51.5. The van der Waals surface area contributed by atoms with E-state index in [1.165, 1.54) is 0 Å². The maximum atomic E-state index is 12.0. The fourth-order valence-electron chi connectivity index (χ4n) is 3.61. The van der Waals surface area contributed by atoms with Gasteiger partial charge >= 0.3 is 17.9 Å². The van der Waals surface area contributed by atoms with E-state index >= 15 is 0 Å². The Morgan fingerprint density at radius 2 is 1.38 bits per heavy atom. The van der Waals surface area contributed by atoms with E-state index in [1.807, 2.05) is 13.8 Å². The zero-order valence-corrected chi connectivity index (χ0v) is 19.0. The van der Waals surface area contributed by atoms with Crippen molar-refractivity contribution in [2.24, 2.45) is 0 Å². The molecule has 0 saturated carbocycles. The van der Waals surface area contributed by atoms with Crippen LogP contribution in [-0.4, -0.2) is 131 Å². The van der Waals surface area contributed by atoms with Crippen molar-refractivity contribution >= 4 is 23.8 Å². The zero-order chi connectivity index (χ0) is 24.1. The highest BCUT2D eigenvalue weighted by atomic mass is 16.4. The van der Waals surface area contributed by atoms with Gasteiger partial charge in [0.2, 0.25) is 5.91 Å². The lowest BCUT2D eigenvalue weighted by Gasteiger charge is -2.33. The van der Waals surface area contributed by atoms with Gasteiger partial charge in [0.1, 0.15) is 6.04 Å². The Labute approximate surface area is 188 Å². The molecule has 0 aromatic heterocycles. The lowest BCUT2D eigenvalue weighted by molar-refractivity contribution is -0.144. The van der Waals surface area contributed by atoms with Crippen LogP contribution in [0.5, 0.6) is 0 Å². The van der Waals surface area contributed by atoms with Gasteiger partial charge in [-0.3, -0.25) is 33.9 Å². The van der Waals surface area contributed by atoms with Gasteiger partial charge in [-0.15, -0.1) is 0 Å². The van der Waals surface area contributed by atoms with Crippen LogP contribution in [0.3, 0.4) is 0 Å². The van der Waals surface area contributed by atoms with Gasteiger partial charge in [0.15, 0.2) is 0 Å². The van der Waals surface area contributed by atoms with E-state index < -0.39 is 23.9 Å². The SMILES string of the molecule is CC(C)NC(=O)CCC(C(=O)O)N1CCNCCN(CC(=O)O)CCN(CC(=O)O)CC1. The summed E-state index contributed by atoms with van der Waals surface area (Å²) in [5, 5.41) is 34.1. The summed E-state index contributed by atoms with van der Waals surface area (Å²) in [6, 6.07) is -0.894. The number of hydrogen-bond acceptors (Lipinski definition) is 8. The molecule has 12 heteroatoms. The number of carbonyl (C=O) groups is 4. The minimum Gasteiger partial charge on any atom is -0.480 e. The van der Waals surface area contributed by atoms with E-state index in [9.17, 15) is 29.4 Å². The second kappa shape index (κ2) is 14.7. The van der Waals surface area contributed by atoms with Crippen LogP contribution in [0, 0.1) is 0 Å². The Bertz CT molecular complexity index is 631. The Balaban J connectivity index is 2.86. The lowest BCUT2D eigenvalue weighted by Crippen LogP contribution is -2.51. The van der Waals surface area contributed by atoms with Gasteiger partial charge in [-0.05, 0) is 20.3 Å². The molecular weight excluding hydrogens is 422 g/mol. The average Bonchev–Trinajstić information content (AvgIpc) is 2.65. The molecule has 0 spiro atoms. The molecule has 1 aliphatic heterocycles. The monoisotopic (exact) mass is 459 g/mol. The molecule has 0 bridgehead atoms. The lowest BCUT2D eigenvalue weighted by atomic mass is 10.1. The van der Waals surface area contributed by atoms with Crippen LogP contribution in [0.25, 0.3) is 0 Å². The Hall–Kier alpha value is -2.28. The molecule has 1 unspecified atom stereocenters. The number of carboxylic acid groups (broad SMARTS) is 3. The van der Waals surface area contributed by atoms with Crippen molar-refractivity contribution in [3.8, 4) is 0 Å². The largest absolute Gasteiger partial charge is 0.480 e. The summed E-state index contributed by atoms with van der Waals surface area (Å²) in [6.45, 7) is 6.58. The zero-order valence-electron chi connectivity index (χ0n) is 19.0. The van der Waals surface area contributed by atoms with Crippen molar-refractivity contribution in [3.05, 3.63) is 0 Å². The number of nitrogens with one attached hydrogen (secondary N) is 2. The van der Waals surface area contributed by atoms with Gasteiger partial charge in [-0.2, -0.15) is 0 Å². The van der Waals surface area contributed by atoms with E-state index in [0.29, 0.717) is 52.4 Å². The molecule has 1 aliphatic rings. The highest BCUT2D eigenvalue weighted by Gasteiger charge is 2.27. The number of nitrogens with zero attached hydrogens (tertiary/aromatic N) is 3. The highest BCUT2D eigenvalue weighted by molar-refractivity contribution is 5.78. The molecule has 0 aliphatic carbocycles. The third-order valence-electron chi connectivity index (χ3n) is 5.15. The minimum absolute atomic E-state index is 0.0260. The highest BCUT2D eigenvalue weighted by Crippen LogP contribution is 2.09. The van der Waals surface area contributed by atoms with E-state index in [2.05, 4.69) is 10.6 Å². The Morgan fingerprint density at radius 3 is 1.91 bits per heavy atom. The second-order valence-electron chi connectivity index (χ2n) is 8.24. The second-order valence-corrected chi connectivity index (χ2v) is 8.24. The molecule has 1 rings (SSSR count). The maximum Gasteiger partial charge on any atom is 0.320 e. The predicted molar refractivity (Wildman–Crippen MR) is 117 cm³/mol. The van der Waals surface area contributed by atoms with Crippen molar-refractivity contribution < 1.29 is 34.5 Å². The molecule has 0 aromatic rings. The normalized spacial score (nSPS) is 19.0. The molecule has 1 saturated heterocycles. The van der Waals surface area contributed by atoms with Crippen LogP contribution in [0.2, 0.25) is 0 Å². The first-order valence-electron chi connectivity index (χ1n) is 10.9. The number of hydrogen-bond donors (Lipinski definition) is 5. The predicted octanol–water partition coefficient (Wildman–Crippen LogP) is -1.58. The van der Waals surface area contributed by atoms with Crippen molar-refractivity contribution in [2.45, 2.75) is 38.8 Å². The molecule has 32 heavy (non-hydrogen) atoms. The molecule has 1 heterocycles. The van der Waals surface area contributed by atoms with Crippen molar-refractivity contribution in [1.29, 1.82) is 0 Å². The molecule has 0 radical (unpaired) electrons. The summed E-state index contributed by atoms with van der Waals surface area (Å²) in [6.07, 6.45) is 0.237. The minimum atomic E-state index is -1.02. The molecule has 184 valence electrons. The van der Waals surface area contributed by atoms with Crippen LogP contribution >= 0.6 is 0 Å². The van der Waals surface area contributed by atoms with Crippen LogP contribution in [0.1, 0.15) is 26.7 Å². The molecule has 1 atom stereocenters. The average molecular weight is 460 g/mol. The summed E-state index contributed by atoms with van der Waals surface area (Å²) in [5.41, 5.74) is 0. The van der Waals surface area contributed by atoms with E-state index in [0.717, 1.165) is 0 Å². The topological polar surface area (TPSA) is 163 Å². The van der Waals surface area contributed by atoms with Gasteiger partial charge in [-0.1, -0.05) is 0 Å². The molecule has 12 nitrogen and oxygen atoms in total. The summed E-state index contributed by atoms with van der Waals surface area (Å²) in [5.74, 6) is -3.18. The Morgan fingerprint density at radius 1 is 0.844 bits per heavy atom. The number of carbonyl (C=O) groups excluding carboxylic acids is 1. The fourth-order valence-corrected chi connectivity index (χ4v) is 3.61. The first-order chi connectivity index (χ1) is 15.1. The van der Waals surface area contributed by atoms with Crippen molar-refractivity contribution in [3.63, 3.8) is 0 Å². The van der Waals surface area contributed by atoms with Gasteiger partial charge in [0.05, 0.1) is 13.1 Å². The summed E-state index contributed by atoms with van der Waals surface area (Å²) in [7, 11) is 0. The molecule has 1 amide bonds.